The molecule has 9 heteroatoms. The molecule has 0 atom stereocenters. The second kappa shape index (κ2) is 11.8. The van der Waals surface area contributed by atoms with Crippen molar-refractivity contribution in [2.75, 3.05) is 24.7 Å². The molecule has 4 amide bonds. The molecule has 0 spiro atoms. The van der Waals surface area contributed by atoms with Crippen LogP contribution in [0.4, 0.5) is 10.5 Å². The number of barbiturate groups is 1. The van der Waals surface area contributed by atoms with Gasteiger partial charge in [0.25, 0.3) is 11.8 Å². The maximum absolute atomic E-state index is 13.1. The molecule has 1 heterocycles. The SMILES string of the molecule is CCOc1cc(C=C2C(=O)NC(=O)N(c3ccc(Cl)cc3)C2=O)ccc1OCCOc1ccc(C)cc1C. The van der Waals surface area contributed by atoms with Crippen LogP contribution in [0.25, 0.3) is 6.08 Å². The smallest absolute Gasteiger partial charge is 0.335 e. The Bertz CT molecular complexity index is 1400. The van der Waals surface area contributed by atoms with Gasteiger partial charge in [-0.1, -0.05) is 35.4 Å². The van der Waals surface area contributed by atoms with Gasteiger partial charge in [0.2, 0.25) is 0 Å². The molecule has 0 bridgehead atoms. The number of hydrogen-bond acceptors (Lipinski definition) is 6. The summed E-state index contributed by atoms with van der Waals surface area (Å²) in [6.45, 7) is 6.86. The molecule has 4 rings (SSSR count). The molecule has 8 nitrogen and oxygen atoms in total. The molecular formula is C29H27ClN2O6. The second-order valence-electron chi connectivity index (χ2n) is 8.54. The molecule has 0 aliphatic carbocycles. The first-order valence-corrected chi connectivity index (χ1v) is 12.4. The average Bonchev–Trinajstić information content (AvgIpc) is 2.87. The fraction of sp³-hybridized carbons (Fsp3) is 0.207. The van der Waals surface area contributed by atoms with Crippen molar-refractivity contribution in [3.8, 4) is 17.2 Å². The predicted octanol–water partition coefficient (Wildman–Crippen LogP) is 5.48. The van der Waals surface area contributed by atoms with E-state index in [2.05, 4.69) is 11.4 Å². The van der Waals surface area contributed by atoms with E-state index in [0.717, 1.165) is 16.2 Å². The van der Waals surface area contributed by atoms with Gasteiger partial charge in [0.05, 0.1) is 12.3 Å². The number of hydrogen-bond donors (Lipinski definition) is 1. The molecule has 0 aromatic heterocycles. The van der Waals surface area contributed by atoms with Gasteiger partial charge in [0.15, 0.2) is 11.5 Å². The molecule has 0 unspecified atom stereocenters. The summed E-state index contributed by atoms with van der Waals surface area (Å²) in [7, 11) is 0. The molecule has 1 saturated heterocycles. The van der Waals surface area contributed by atoms with Gasteiger partial charge in [-0.15, -0.1) is 0 Å². The third kappa shape index (κ3) is 6.15. The summed E-state index contributed by atoms with van der Waals surface area (Å²) in [6.07, 6.45) is 1.41. The summed E-state index contributed by atoms with van der Waals surface area (Å²) < 4.78 is 17.4. The van der Waals surface area contributed by atoms with Gasteiger partial charge in [-0.2, -0.15) is 0 Å². The van der Waals surface area contributed by atoms with Crippen LogP contribution < -0.4 is 24.4 Å². The summed E-state index contributed by atoms with van der Waals surface area (Å²) in [5, 5.41) is 2.66. The number of rotatable bonds is 9. The van der Waals surface area contributed by atoms with Crippen molar-refractivity contribution in [2.24, 2.45) is 0 Å². The van der Waals surface area contributed by atoms with Crippen LogP contribution in [0.3, 0.4) is 0 Å². The van der Waals surface area contributed by atoms with E-state index in [9.17, 15) is 14.4 Å². The number of urea groups is 1. The van der Waals surface area contributed by atoms with Crippen LogP contribution in [0.15, 0.2) is 66.2 Å². The van der Waals surface area contributed by atoms with E-state index in [-0.39, 0.29) is 17.9 Å². The van der Waals surface area contributed by atoms with E-state index in [1.807, 2.05) is 32.9 Å². The Kier molecular flexibility index (Phi) is 8.33. The highest BCUT2D eigenvalue weighted by molar-refractivity contribution is 6.39. The monoisotopic (exact) mass is 534 g/mol. The van der Waals surface area contributed by atoms with E-state index in [0.29, 0.717) is 35.3 Å². The van der Waals surface area contributed by atoms with Gasteiger partial charge >= 0.3 is 6.03 Å². The Labute approximate surface area is 225 Å². The maximum Gasteiger partial charge on any atom is 0.335 e. The summed E-state index contributed by atoms with van der Waals surface area (Å²) >= 11 is 5.92. The van der Waals surface area contributed by atoms with Crippen LogP contribution in [0.1, 0.15) is 23.6 Å². The summed E-state index contributed by atoms with van der Waals surface area (Å²) in [6, 6.07) is 16.4. The Balaban J connectivity index is 1.50. The Morgan fingerprint density at radius 2 is 1.53 bits per heavy atom. The van der Waals surface area contributed by atoms with Gasteiger partial charge < -0.3 is 14.2 Å². The van der Waals surface area contributed by atoms with E-state index in [1.54, 1.807) is 30.3 Å². The minimum atomic E-state index is -0.832. The first kappa shape index (κ1) is 26.8. The van der Waals surface area contributed by atoms with Crippen LogP contribution in [0.5, 0.6) is 17.2 Å². The fourth-order valence-corrected chi connectivity index (χ4v) is 4.04. The van der Waals surface area contributed by atoms with Gasteiger partial charge in [0, 0.05) is 5.02 Å². The quantitative estimate of drug-likeness (QED) is 0.222. The van der Waals surface area contributed by atoms with Crippen LogP contribution >= 0.6 is 11.6 Å². The molecule has 0 radical (unpaired) electrons. The van der Waals surface area contributed by atoms with E-state index in [1.165, 1.54) is 23.8 Å². The molecule has 1 aliphatic heterocycles. The second-order valence-corrected chi connectivity index (χ2v) is 8.98. The third-order valence-corrected chi connectivity index (χ3v) is 5.95. The lowest BCUT2D eigenvalue weighted by Crippen LogP contribution is -2.54. The number of carbonyl (C=O) groups is 3. The number of imide groups is 2. The topological polar surface area (TPSA) is 94.2 Å². The van der Waals surface area contributed by atoms with E-state index >= 15 is 0 Å². The van der Waals surface area contributed by atoms with Crippen LogP contribution in [0.2, 0.25) is 5.02 Å². The van der Waals surface area contributed by atoms with Crippen molar-refractivity contribution in [1.29, 1.82) is 0 Å². The molecule has 1 N–H and O–H groups in total. The minimum Gasteiger partial charge on any atom is -0.490 e. The normalized spacial score (nSPS) is 14.5. The van der Waals surface area contributed by atoms with Gasteiger partial charge in [-0.05, 0) is 80.4 Å². The first-order valence-electron chi connectivity index (χ1n) is 12.0. The highest BCUT2D eigenvalue weighted by Crippen LogP contribution is 2.30. The number of amides is 4. The molecule has 0 saturated carbocycles. The zero-order valence-corrected chi connectivity index (χ0v) is 22.0. The molecule has 3 aromatic carbocycles. The standard InChI is InChI=1S/C29H27ClN2O6/c1-4-36-26-17-20(6-12-25(26)38-14-13-37-24-11-5-18(2)15-19(24)3)16-23-27(33)31-29(35)32(28(23)34)22-9-7-21(30)8-10-22/h5-12,15-17H,4,13-14H2,1-3H3,(H,31,33,35). The van der Waals surface area contributed by atoms with Crippen molar-refractivity contribution < 1.29 is 28.6 Å². The average molecular weight is 535 g/mol. The number of anilines is 1. The molecule has 38 heavy (non-hydrogen) atoms. The third-order valence-electron chi connectivity index (χ3n) is 5.69. The van der Waals surface area contributed by atoms with Crippen molar-refractivity contribution >= 4 is 41.2 Å². The molecule has 1 aliphatic rings. The zero-order valence-electron chi connectivity index (χ0n) is 21.2. The van der Waals surface area contributed by atoms with Gasteiger partial charge in [-0.3, -0.25) is 14.9 Å². The van der Waals surface area contributed by atoms with Gasteiger partial charge in [0.1, 0.15) is 24.5 Å². The number of nitrogens with one attached hydrogen (secondary N) is 1. The van der Waals surface area contributed by atoms with Crippen molar-refractivity contribution in [1.82, 2.24) is 5.32 Å². The number of ether oxygens (including phenoxy) is 3. The van der Waals surface area contributed by atoms with Crippen molar-refractivity contribution in [3.63, 3.8) is 0 Å². The lowest BCUT2D eigenvalue weighted by atomic mass is 10.1. The predicted molar refractivity (Wildman–Crippen MR) is 145 cm³/mol. The van der Waals surface area contributed by atoms with E-state index in [4.69, 9.17) is 25.8 Å². The number of carbonyl (C=O) groups excluding carboxylic acids is 3. The van der Waals surface area contributed by atoms with Crippen molar-refractivity contribution in [3.05, 3.63) is 87.9 Å². The first-order chi connectivity index (χ1) is 18.3. The largest absolute Gasteiger partial charge is 0.490 e. The van der Waals surface area contributed by atoms with Crippen molar-refractivity contribution in [2.45, 2.75) is 20.8 Å². The summed E-state index contributed by atoms with van der Waals surface area (Å²) in [4.78, 5) is 38.9. The van der Waals surface area contributed by atoms with Crippen LogP contribution in [-0.4, -0.2) is 37.7 Å². The highest BCUT2D eigenvalue weighted by Gasteiger charge is 2.36. The summed E-state index contributed by atoms with van der Waals surface area (Å²) in [5.41, 5.74) is 2.83. The van der Waals surface area contributed by atoms with Crippen LogP contribution in [-0.2, 0) is 9.59 Å². The van der Waals surface area contributed by atoms with Crippen LogP contribution in [0, 0.1) is 13.8 Å². The Morgan fingerprint density at radius 1 is 0.842 bits per heavy atom. The lowest BCUT2D eigenvalue weighted by molar-refractivity contribution is -0.122. The van der Waals surface area contributed by atoms with E-state index < -0.39 is 17.8 Å². The number of benzene rings is 3. The molecule has 1 fully saturated rings. The zero-order chi connectivity index (χ0) is 27.2. The fourth-order valence-electron chi connectivity index (χ4n) is 3.92. The molecule has 196 valence electrons. The minimum absolute atomic E-state index is 0.197. The summed E-state index contributed by atoms with van der Waals surface area (Å²) in [5.74, 6) is 0.209. The Hall–Kier alpha value is -4.30. The Morgan fingerprint density at radius 3 is 2.21 bits per heavy atom. The number of nitrogens with zero attached hydrogens (tertiary/aromatic N) is 1. The molecule has 3 aromatic rings. The highest BCUT2D eigenvalue weighted by atomic mass is 35.5. The number of aryl methyl sites for hydroxylation is 2. The van der Waals surface area contributed by atoms with Gasteiger partial charge in [-0.25, -0.2) is 9.69 Å². The molecular weight excluding hydrogens is 508 g/mol. The lowest BCUT2D eigenvalue weighted by Gasteiger charge is -2.26. The maximum atomic E-state index is 13.1. The number of halogens is 1.